The Morgan fingerprint density at radius 2 is 2.05 bits per heavy atom. The van der Waals surface area contributed by atoms with E-state index < -0.39 is 0 Å². The average Bonchev–Trinajstić information content (AvgIpc) is 2.48. The van der Waals surface area contributed by atoms with Gasteiger partial charge in [-0.25, -0.2) is 0 Å². The van der Waals surface area contributed by atoms with Crippen LogP contribution < -0.4 is 10.6 Å². The second-order valence-electron chi connectivity index (χ2n) is 5.86. The highest BCUT2D eigenvalue weighted by Crippen LogP contribution is 2.36. The number of hydrogen-bond donors (Lipinski definition) is 1. The van der Waals surface area contributed by atoms with E-state index in [4.69, 9.17) is 5.73 Å². The van der Waals surface area contributed by atoms with E-state index >= 15 is 0 Å². The molecular formula is C18H21BrN2. The van der Waals surface area contributed by atoms with Crippen molar-refractivity contribution < 1.29 is 0 Å². The molecule has 1 aliphatic rings. The quantitative estimate of drug-likeness (QED) is 0.900. The highest BCUT2D eigenvalue weighted by molar-refractivity contribution is 9.10. The van der Waals surface area contributed by atoms with Crippen LogP contribution in [-0.4, -0.2) is 13.1 Å². The maximum absolute atomic E-state index is 5.66. The van der Waals surface area contributed by atoms with E-state index in [0.717, 1.165) is 17.4 Å². The predicted octanol–water partition coefficient (Wildman–Crippen LogP) is 4.28. The van der Waals surface area contributed by atoms with Crippen molar-refractivity contribution in [1.82, 2.24) is 0 Å². The van der Waals surface area contributed by atoms with Crippen LogP contribution in [0, 0.1) is 5.92 Å². The number of para-hydroxylation sites is 1. The molecule has 1 heterocycles. The molecule has 0 radical (unpaired) electrons. The van der Waals surface area contributed by atoms with E-state index in [2.05, 4.69) is 70.2 Å². The summed E-state index contributed by atoms with van der Waals surface area (Å²) in [5.74, 6) is 0.669. The lowest BCUT2D eigenvalue weighted by atomic mass is 9.93. The molecule has 0 amide bonds. The molecule has 0 saturated carbocycles. The van der Waals surface area contributed by atoms with Gasteiger partial charge in [-0.3, -0.25) is 0 Å². The fraction of sp³-hybridized carbons (Fsp3) is 0.333. The number of hydrogen-bond acceptors (Lipinski definition) is 2. The molecule has 0 bridgehead atoms. The molecular weight excluding hydrogens is 324 g/mol. The summed E-state index contributed by atoms with van der Waals surface area (Å²) >= 11 is 3.69. The van der Waals surface area contributed by atoms with E-state index in [9.17, 15) is 0 Å². The van der Waals surface area contributed by atoms with Gasteiger partial charge in [0.25, 0.3) is 0 Å². The normalized spacial score (nSPS) is 17.7. The Bertz CT molecular complexity index is 639. The third-order valence-corrected chi connectivity index (χ3v) is 4.85. The fourth-order valence-corrected chi connectivity index (χ4v) is 3.67. The van der Waals surface area contributed by atoms with Gasteiger partial charge >= 0.3 is 0 Å². The standard InChI is InChI=1S/C18H21BrN2/c1-13-10-15-4-2-3-5-18(15)21(12-13)16-7-6-14(8-9-20)17(19)11-16/h2-7,11,13H,8-10,12,20H2,1H3. The third kappa shape index (κ3) is 2.99. The van der Waals surface area contributed by atoms with Crippen molar-refractivity contribution in [3.8, 4) is 0 Å². The number of halogens is 1. The van der Waals surface area contributed by atoms with Crippen LogP contribution in [0.15, 0.2) is 46.9 Å². The molecule has 3 heteroatoms. The van der Waals surface area contributed by atoms with E-state index in [1.807, 2.05) is 0 Å². The molecule has 0 aliphatic carbocycles. The van der Waals surface area contributed by atoms with Gasteiger partial charge < -0.3 is 10.6 Å². The summed E-state index contributed by atoms with van der Waals surface area (Å²) in [4.78, 5) is 2.43. The Hall–Kier alpha value is -1.32. The summed E-state index contributed by atoms with van der Waals surface area (Å²) < 4.78 is 1.15. The first kappa shape index (κ1) is 14.6. The minimum atomic E-state index is 0.669. The van der Waals surface area contributed by atoms with Crippen molar-refractivity contribution in [1.29, 1.82) is 0 Å². The van der Waals surface area contributed by atoms with Crippen LogP contribution >= 0.6 is 15.9 Å². The predicted molar refractivity (Wildman–Crippen MR) is 93.2 cm³/mol. The van der Waals surface area contributed by atoms with E-state index in [-0.39, 0.29) is 0 Å². The fourth-order valence-electron chi connectivity index (χ4n) is 3.10. The minimum absolute atomic E-state index is 0.669. The molecule has 2 aromatic carbocycles. The van der Waals surface area contributed by atoms with Gasteiger partial charge in [0.15, 0.2) is 0 Å². The summed E-state index contributed by atoms with van der Waals surface area (Å²) in [6, 6.07) is 15.4. The molecule has 0 spiro atoms. The van der Waals surface area contributed by atoms with Gasteiger partial charge in [-0.05, 0) is 54.6 Å². The zero-order valence-corrected chi connectivity index (χ0v) is 13.9. The molecule has 0 fully saturated rings. The lowest BCUT2D eigenvalue weighted by Gasteiger charge is -2.35. The molecule has 2 N–H and O–H groups in total. The van der Waals surface area contributed by atoms with E-state index in [1.165, 1.54) is 28.9 Å². The van der Waals surface area contributed by atoms with Gasteiger partial charge in [-0.15, -0.1) is 0 Å². The number of benzene rings is 2. The Balaban J connectivity index is 1.99. The molecule has 1 atom stereocenters. The molecule has 110 valence electrons. The lowest BCUT2D eigenvalue weighted by Crippen LogP contribution is -2.30. The first-order chi connectivity index (χ1) is 10.2. The molecule has 3 rings (SSSR count). The van der Waals surface area contributed by atoms with Crippen LogP contribution in [0.25, 0.3) is 0 Å². The zero-order chi connectivity index (χ0) is 14.8. The van der Waals surface area contributed by atoms with Gasteiger partial charge in [0, 0.05) is 22.4 Å². The highest BCUT2D eigenvalue weighted by atomic mass is 79.9. The van der Waals surface area contributed by atoms with Gasteiger partial charge in [-0.1, -0.05) is 47.1 Å². The summed E-state index contributed by atoms with van der Waals surface area (Å²) in [7, 11) is 0. The van der Waals surface area contributed by atoms with Crippen molar-refractivity contribution in [2.45, 2.75) is 19.8 Å². The van der Waals surface area contributed by atoms with Crippen LogP contribution in [0.4, 0.5) is 11.4 Å². The lowest BCUT2D eigenvalue weighted by molar-refractivity contribution is 0.562. The molecule has 0 aromatic heterocycles. The number of anilines is 2. The van der Waals surface area contributed by atoms with Crippen LogP contribution in [0.2, 0.25) is 0 Å². The maximum atomic E-state index is 5.66. The average molecular weight is 345 g/mol. The topological polar surface area (TPSA) is 29.3 Å². The van der Waals surface area contributed by atoms with E-state index in [0.29, 0.717) is 12.5 Å². The molecule has 2 nitrogen and oxygen atoms in total. The largest absolute Gasteiger partial charge is 0.341 e. The van der Waals surface area contributed by atoms with Crippen molar-refractivity contribution in [2.75, 3.05) is 18.0 Å². The van der Waals surface area contributed by atoms with Crippen LogP contribution in [0.1, 0.15) is 18.1 Å². The summed E-state index contributed by atoms with van der Waals surface area (Å²) in [5.41, 5.74) is 11.0. The molecule has 1 unspecified atom stereocenters. The second kappa shape index (κ2) is 6.20. The number of nitrogens with two attached hydrogens (primary N) is 1. The third-order valence-electron chi connectivity index (χ3n) is 4.11. The van der Waals surface area contributed by atoms with Gasteiger partial charge in [0.1, 0.15) is 0 Å². The molecule has 0 saturated heterocycles. The first-order valence-electron chi connectivity index (χ1n) is 7.53. The number of nitrogens with zero attached hydrogens (tertiary/aromatic N) is 1. The maximum Gasteiger partial charge on any atom is 0.0443 e. The molecule has 1 aliphatic heterocycles. The summed E-state index contributed by atoms with van der Waals surface area (Å²) in [5, 5.41) is 0. The van der Waals surface area contributed by atoms with Crippen molar-refractivity contribution in [3.05, 3.63) is 58.1 Å². The van der Waals surface area contributed by atoms with Gasteiger partial charge in [0.2, 0.25) is 0 Å². The van der Waals surface area contributed by atoms with Crippen LogP contribution in [-0.2, 0) is 12.8 Å². The Kier molecular flexibility index (Phi) is 4.32. The molecule has 2 aromatic rings. The smallest absolute Gasteiger partial charge is 0.0443 e. The number of rotatable bonds is 3. The molecule has 21 heavy (non-hydrogen) atoms. The monoisotopic (exact) mass is 344 g/mol. The zero-order valence-electron chi connectivity index (χ0n) is 12.3. The van der Waals surface area contributed by atoms with Crippen molar-refractivity contribution in [3.63, 3.8) is 0 Å². The van der Waals surface area contributed by atoms with E-state index in [1.54, 1.807) is 0 Å². The van der Waals surface area contributed by atoms with Crippen LogP contribution in [0.5, 0.6) is 0 Å². The summed E-state index contributed by atoms with van der Waals surface area (Å²) in [6.45, 7) is 4.07. The van der Waals surface area contributed by atoms with Crippen molar-refractivity contribution in [2.24, 2.45) is 11.7 Å². The van der Waals surface area contributed by atoms with Crippen molar-refractivity contribution >= 4 is 27.3 Å². The van der Waals surface area contributed by atoms with Gasteiger partial charge in [0.05, 0.1) is 0 Å². The summed E-state index contributed by atoms with van der Waals surface area (Å²) in [6.07, 6.45) is 2.08. The number of fused-ring (bicyclic) bond motifs is 1. The Morgan fingerprint density at radius 1 is 1.24 bits per heavy atom. The minimum Gasteiger partial charge on any atom is -0.341 e. The first-order valence-corrected chi connectivity index (χ1v) is 8.32. The Morgan fingerprint density at radius 3 is 2.81 bits per heavy atom. The SMILES string of the molecule is CC1Cc2ccccc2N(c2ccc(CCN)c(Br)c2)C1. The van der Waals surface area contributed by atoms with Gasteiger partial charge in [-0.2, -0.15) is 0 Å². The highest BCUT2D eigenvalue weighted by Gasteiger charge is 2.22. The second-order valence-corrected chi connectivity index (χ2v) is 6.72. The van der Waals surface area contributed by atoms with Crippen LogP contribution in [0.3, 0.4) is 0 Å². The Labute approximate surface area is 135 Å².